The van der Waals surface area contributed by atoms with E-state index >= 15 is 0 Å². The van der Waals surface area contributed by atoms with Crippen molar-refractivity contribution in [3.63, 3.8) is 0 Å². The Hall–Kier alpha value is -1.03. The maximum Gasteiger partial charge on any atom is 0.407 e. The van der Waals surface area contributed by atoms with E-state index in [0.717, 1.165) is 5.57 Å². The van der Waals surface area contributed by atoms with Gasteiger partial charge in [0, 0.05) is 6.54 Å². The maximum atomic E-state index is 11.4. The highest BCUT2D eigenvalue weighted by Gasteiger charge is 2.16. The fourth-order valence-corrected chi connectivity index (χ4v) is 2.86. The van der Waals surface area contributed by atoms with E-state index in [1.807, 2.05) is 5.23 Å². The number of hydrogen-bond acceptors (Lipinski definition) is 3. The summed E-state index contributed by atoms with van der Waals surface area (Å²) in [4.78, 5) is 21.9. The van der Waals surface area contributed by atoms with Crippen LogP contribution in [-0.2, 0) is 9.53 Å². The molecule has 18 heavy (non-hydrogen) atoms. The zero-order valence-electron chi connectivity index (χ0n) is 10.6. The molecule has 1 aliphatic rings. The van der Waals surface area contributed by atoms with Crippen molar-refractivity contribution in [1.82, 2.24) is 5.32 Å². The maximum absolute atomic E-state index is 11.4. The van der Waals surface area contributed by atoms with Crippen molar-refractivity contribution in [3.05, 3.63) is 21.4 Å². The standard InChI is InChI=1S/C12H16ClNO3S/c1-12(2,3)17-11(16)14-5-4-9-6-18(8-15)7-10(9)13/h6-7H,4-5H2,1-3H3,(H,14,16). The lowest BCUT2D eigenvalue weighted by molar-refractivity contribution is 0.0528. The average Bonchev–Trinajstić information content (AvgIpc) is 2.57. The minimum Gasteiger partial charge on any atom is -0.444 e. The smallest absolute Gasteiger partial charge is 0.407 e. The summed E-state index contributed by atoms with van der Waals surface area (Å²) in [7, 11) is -0.630. The van der Waals surface area contributed by atoms with Gasteiger partial charge in [-0.2, -0.15) is 0 Å². The van der Waals surface area contributed by atoms with Gasteiger partial charge in [-0.1, -0.05) is 22.1 Å². The normalized spacial score (nSPS) is 18.8. The topological polar surface area (TPSA) is 55.4 Å². The van der Waals surface area contributed by atoms with Crippen LogP contribution in [0.15, 0.2) is 21.4 Å². The fourth-order valence-electron chi connectivity index (χ4n) is 1.27. The van der Waals surface area contributed by atoms with Crippen LogP contribution in [-0.4, -0.2) is 23.5 Å². The minimum atomic E-state index is -0.630. The molecule has 100 valence electrons. The van der Waals surface area contributed by atoms with Crippen LogP contribution in [0.1, 0.15) is 27.2 Å². The van der Waals surface area contributed by atoms with Gasteiger partial charge >= 0.3 is 6.09 Å². The summed E-state index contributed by atoms with van der Waals surface area (Å²) < 4.78 is 5.09. The Balaban J connectivity index is 2.38. The van der Waals surface area contributed by atoms with E-state index in [4.69, 9.17) is 16.3 Å². The van der Waals surface area contributed by atoms with Crippen LogP contribution >= 0.6 is 22.1 Å². The van der Waals surface area contributed by atoms with Crippen LogP contribution in [0.2, 0.25) is 0 Å². The van der Waals surface area contributed by atoms with Gasteiger partial charge in [0.05, 0.1) is 5.03 Å². The monoisotopic (exact) mass is 289 g/mol. The van der Waals surface area contributed by atoms with Crippen molar-refractivity contribution in [1.29, 1.82) is 0 Å². The van der Waals surface area contributed by atoms with Gasteiger partial charge in [0.2, 0.25) is 0 Å². The summed E-state index contributed by atoms with van der Waals surface area (Å²) in [6, 6.07) is 0. The summed E-state index contributed by atoms with van der Waals surface area (Å²) in [5.41, 5.74) is 0.354. The molecule has 0 saturated carbocycles. The number of amides is 1. The first kappa shape index (κ1) is 15.0. The SMILES string of the molecule is CC(C)(C)OC(=O)NCCC1=CS(=C=O)C=C1Cl. The van der Waals surface area contributed by atoms with E-state index in [-0.39, 0.29) is 0 Å². The lowest BCUT2D eigenvalue weighted by atomic mass is 10.2. The molecule has 0 spiro atoms. The molecule has 4 nitrogen and oxygen atoms in total. The zero-order chi connectivity index (χ0) is 13.8. The van der Waals surface area contributed by atoms with E-state index in [0.29, 0.717) is 18.0 Å². The number of alkyl carbamates (subject to hydrolysis) is 1. The largest absolute Gasteiger partial charge is 0.444 e. The molecular formula is C12H16ClNO3S. The van der Waals surface area contributed by atoms with Crippen LogP contribution < -0.4 is 5.32 Å². The Morgan fingerprint density at radius 2 is 2.17 bits per heavy atom. The molecule has 0 aromatic heterocycles. The Morgan fingerprint density at radius 1 is 1.50 bits per heavy atom. The van der Waals surface area contributed by atoms with Gasteiger partial charge in [-0.15, -0.1) is 0 Å². The lowest BCUT2D eigenvalue weighted by Crippen LogP contribution is -2.33. The van der Waals surface area contributed by atoms with Crippen molar-refractivity contribution in [2.45, 2.75) is 32.8 Å². The summed E-state index contributed by atoms with van der Waals surface area (Å²) in [6.45, 7) is 5.83. The molecule has 1 heterocycles. The number of ether oxygens (including phenoxy) is 1. The lowest BCUT2D eigenvalue weighted by Gasteiger charge is -2.19. The highest BCUT2D eigenvalue weighted by atomic mass is 35.5. The third-order valence-corrected chi connectivity index (χ3v) is 3.67. The zero-order valence-corrected chi connectivity index (χ0v) is 12.2. The molecule has 6 heteroatoms. The van der Waals surface area contributed by atoms with E-state index < -0.39 is 22.2 Å². The third-order valence-electron chi connectivity index (χ3n) is 1.97. The molecule has 1 amide bonds. The van der Waals surface area contributed by atoms with Gasteiger partial charge in [-0.3, -0.25) is 0 Å². The van der Waals surface area contributed by atoms with Crippen LogP contribution in [0.3, 0.4) is 0 Å². The van der Waals surface area contributed by atoms with Crippen LogP contribution in [0.4, 0.5) is 4.79 Å². The Kier molecular flexibility index (Phi) is 5.20. The van der Waals surface area contributed by atoms with Crippen molar-refractivity contribution in [2.75, 3.05) is 6.54 Å². The van der Waals surface area contributed by atoms with Gasteiger partial charge in [-0.25, -0.2) is 9.59 Å². The van der Waals surface area contributed by atoms with Crippen molar-refractivity contribution < 1.29 is 14.3 Å². The van der Waals surface area contributed by atoms with Crippen LogP contribution in [0, 0.1) is 0 Å². The molecule has 0 saturated heterocycles. The fraction of sp³-hybridized carbons (Fsp3) is 0.500. The van der Waals surface area contributed by atoms with Crippen molar-refractivity contribution in [3.8, 4) is 0 Å². The average molecular weight is 290 g/mol. The Bertz CT molecular complexity index is 456. The molecule has 0 aromatic rings. The molecule has 1 atom stereocenters. The molecule has 0 bridgehead atoms. The highest BCUT2D eigenvalue weighted by Crippen LogP contribution is 2.35. The number of halogens is 1. The summed E-state index contributed by atoms with van der Waals surface area (Å²) in [6.07, 6.45) is 0.113. The molecule has 1 unspecified atom stereocenters. The molecule has 0 radical (unpaired) electrons. The second-order valence-corrected chi connectivity index (χ2v) is 6.53. The number of rotatable bonds is 3. The Morgan fingerprint density at radius 3 is 2.67 bits per heavy atom. The van der Waals surface area contributed by atoms with Crippen LogP contribution in [0.5, 0.6) is 0 Å². The minimum absolute atomic E-state index is 0.418. The van der Waals surface area contributed by atoms with E-state index in [1.165, 1.54) is 0 Å². The second-order valence-electron chi connectivity index (χ2n) is 4.74. The summed E-state index contributed by atoms with van der Waals surface area (Å²) >= 11 is 5.95. The molecule has 0 fully saturated rings. The first-order valence-electron chi connectivity index (χ1n) is 5.47. The molecule has 1 N–H and O–H groups in total. The van der Waals surface area contributed by atoms with E-state index in [9.17, 15) is 9.59 Å². The Labute approximate surface area is 114 Å². The number of carbonyl (C=O) groups is 1. The second kappa shape index (κ2) is 6.23. The number of nitrogens with one attached hydrogen (secondary N) is 1. The molecular weight excluding hydrogens is 274 g/mol. The van der Waals surface area contributed by atoms with Gasteiger partial charge in [0.15, 0.2) is 5.23 Å². The predicted octanol–water partition coefficient (Wildman–Crippen LogP) is 3.22. The van der Waals surface area contributed by atoms with Gasteiger partial charge < -0.3 is 10.1 Å². The first-order chi connectivity index (χ1) is 8.31. The van der Waals surface area contributed by atoms with Crippen LogP contribution in [0.25, 0.3) is 0 Å². The quantitative estimate of drug-likeness (QED) is 0.812. The first-order valence-corrected chi connectivity index (χ1v) is 7.19. The van der Waals surface area contributed by atoms with Gasteiger partial charge in [-0.05, 0) is 43.6 Å². The number of allylic oxidation sites excluding steroid dienone is 1. The van der Waals surface area contributed by atoms with Gasteiger partial charge in [0.1, 0.15) is 5.60 Å². The predicted molar refractivity (Wildman–Crippen MR) is 74.2 cm³/mol. The van der Waals surface area contributed by atoms with Gasteiger partial charge in [0.25, 0.3) is 0 Å². The van der Waals surface area contributed by atoms with E-state index in [2.05, 4.69) is 5.32 Å². The number of carbonyl (C=O) groups excluding carboxylic acids is 2. The molecule has 0 aliphatic carbocycles. The van der Waals surface area contributed by atoms with Crippen molar-refractivity contribution in [2.24, 2.45) is 0 Å². The van der Waals surface area contributed by atoms with Crippen molar-refractivity contribution >= 4 is 33.4 Å². The highest BCUT2D eigenvalue weighted by molar-refractivity contribution is 8.19. The number of hydrogen-bond donors (Lipinski definition) is 1. The summed E-state index contributed by atoms with van der Waals surface area (Å²) in [5.74, 6) is 0. The van der Waals surface area contributed by atoms with E-state index in [1.54, 1.807) is 31.6 Å². The summed E-state index contributed by atoms with van der Waals surface area (Å²) in [5, 5.41) is 8.52. The molecule has 1 aliphatic heterocycles. The molecule has 1 rings (SSSR count). The molecule has 0 aromatic carbocycles. The third kappa shape index (κ3) is 5.08.